The van der Waals surface area contributed by atoms with Crippen molar-refractivity contribution in [2.24, 2.45) is 0 Å². The van der Waals surface area contributed by atoms with Crippen LogP contribution in [0.25, 0.3) is 22.3 Å². The summed E-state index contributed by atoms with van der Waals surface area (Å²) in [5.74, 6) is 0.546. The maximum atomic E-state index is 2.46. The molecule has 0 spiro atoms. The normalized spacial score (nSPS) is 14.2. The van der Waals surface area contributed by atoms with E-state index in [1.165, 1.54) is 73.2 Å². The molecule has 0 unspecified atom stereocenters. The molecule has 2 aliphatic carbocycles. The SMILES string of the molecule is CC(C)(C)c1ccc2c(c1)[CH]([Zr+2])c1cc(C(C)(C)C)ccc1-2.CCC1c2cc(C(C)(C)C)ccc2-c2ccc(C(C)(C)C)cc21.[Cl-].[Cl-]. The maximum absolute atomic E-state index is 2.46. The van der Waals surface area contributed by atoms with Gasteiger partial charge in [-0.15, -0.1) is 0 Å². The molecule has 0 heterocycles. The molecular weight excluding hydrogens is 691 g/mol. The van der Waals surface area contributed by atoms with Gasteiger partial charge in [0.15, 0.2) is 0 Å². The number of halogens is 2. The third-order valence-corrected chi connectivity index (χ3v) is 11.6. The van der Waals surface area contributed by atoms with Crippen LogP contribution in [0.1, 0.15) is 150 Å². The Balaban J connectivity index is 0.000000245. The van der Waals surface area contributed by atoms with Crippen molar-refractivity contribution in [3.8, 4) is 22.3 Å². The second-order valence-corrected chi connectivity index (χ2v) is 19.0. The predicted octanol–water partition coefficient (Wildman–Crippen LogP) is 6.71. The van der Waals surface area contributed by atoms with E-state index in [2.05, 4.69) is 163 Å². The number of hydrogen-bond acceptors (Lipinski definition) is 0. The topological polar surface area (TPSA) is 0 Å². The van der Waals surface area contributed by atoms with E-state index in [4.69, 9.17) is 0 Å². The zero-order chi connectivity index (χ0) is 33.3. The summed E-state index contributed by atoms with van der Waals surface area (Å²) < 4.78 is 0.585. The molecule has 0 saturated heterocycles. The summed E-state index contributed by atoms with van der Waals surface area (Å²) in [6.45, 7) is 29.9. The maximum Gasteiger partial charge on any atom is 0.00992 e. The first-order valence-corrected chi connectivity index (χ1v) is 18.4. The van der Waals surface area contributed by atoms with Gasteiger partial charge < -0.3 is 24.8 Å². The molecule has 47 heavy (non-hydrogen) atoms. The van der Waals surface area contributed by atoms with Gasteiger partial charge in [0.05, 0.1) is 0 Å². The Morgan fingerprint density at radius 2 is 0.660 bits per heavy atom. The fraction of sp³-hybridized carbons (Fsp3) is 0.455. The third kappa shape index (κ3) is 7.90. The van der Waals surface area contributed by atoms with E-state index in [-0.39, 0.29) is 46.5 Å². The molecule has 6 rings (SSSR count). The molecule has 0 atom stereocenters. The minimum atomic E-state index is 0. The molecule has 0 amide bonds. The van der Waals surface area contributed by atoms with Crippen molar-refractivity contribution in [2.45, 2.75) is 128 Å². The molecule has 0 radical (unpaired) electrons. The van der Waals surface area contributed by atoms with Crippen molar-refractivity contribution >= 4 is 0 Å². The Morgan fingerprint density at radius 3 is 0.894 bits per heavy atom. The van der Waals surface area contributed by atoms with Crippen LogP contribution in [0.4, 0.5) is 0 Å². The quantitative estimate of drug-likeness (QED) is 0.204. The summed E-state index contributed by atoms with van der Waals surface area (Å²) in [6.07, 6.45) is 1.17. The molecular formula is C44H55Cl2Zr. The van der Waals surface area contributed by atoms with Gasteiger partial charge in [0.2, 0.25) is 0 Å². The largest absolute Gasteiger partial charge is 1.00 e. The van der Waals surface area contributed by atoms with Gasteiger partial charge in [-0.25, -0.2) is 0 Å². The van der Waals surface area contributed by atoms with Gasteiger partial charge in [0.1, 0.15) is 0 Å². The molecule has 0 nitrogen and oxygen atoms in total. The van der Waals surface area contributed by atoms with Crippen molar-refractivity contribution < 1.29 is 49.5 Å². The number of fused-ring (bicyclic) bond motifs is 6. The van der Waals surface area contributed by atoms with Gasteiger partial charge >= 0.3 is 150 Å². The van der Waals surface area contributed by atoms with Crippen LogP contribution in [-0.2, 0) is 46.4 Å². The summed E-state index contributed by atoms with van der Waals surface area (Å²) in [7, 11) is 0. The number of rotatable bonds is 1. The molecule has 0 saturated carbocycles. The molecule has 0 aliphatic heterocycles. The van der Waals surface area contributed by atoms with Crippen molar-refractivity contribution in [2.75, 3.05) is 0 Å². The van der Waals surface area contributed by atoms with Crippen LogP contribution >= 0.6 is 0 Å². The second kappa shape index (κ2) is 13.9. The van der Waals surface area contributed by atoms with E-state index in [9.17, 15) is 0 Å². The first-order valence-electron chi connectivity index (χ1n) is 17.0. The Hall–Kier alpha value is -1.66. The Bertz CT molecular complexity index is 1610. The van der Waals surface area contributed by atoms with Crippen molar-refractivity contribution in [1.29, 1.82) is 0 Å². The summed E-state index contributed by atoms with van der Waals surface area (Å²) in [6, 6.07) is 28.5. The molecule has 0 fully saturated rings. The zero-order valence-corrected chi connectivity index (χ0v) is 35.0. The van der Waals surface area contributed by atoms with Crippen LogP contribution in [0.5, 0.6) is 0 Å². The Morgan fingerprint density at radius 1 is 0.426 bits per heavy atom. The zero-order valence-electron chi connectivity index (χ0n) is 31.0. The summed E-state index contributed by atoms with van der Waals surface area (Å²) >= 11 is 1.59. The second-order valence-electron chi connectivity index (χ2n) is 17.6. The molecule has 0 aromatic heterocycles. The summed E-state index contributed by atoms with van der Waals surface area (Å²) in [5.41, 5.74) is 18.5. The first-order chi connectivity index (χ1) is 20.7. The van der Waals surface area contributed by atoms with E-state index < -0.39 is 0 Å². The van der Waals surface area contributed by atoms with Crippen LogP contribution in [0.15, 0.2) is 72.8 Å². The Labute approximate surface area is 314 Å². The van der Waals surface area contributed by atoms with Crippen LogP contribution in [0, 0.1) is 0 Å². The molecule has 4 aromatic carbocycles. The smallest absolute Gasteiger partial charge is 0.00992 e. The van der Waals surface area contributed by atoms with Gasteiger partial charge in [0, 0.05) is 5.92 Å². The Kier molecular flexibility index (Phi) is 11.8. The molecule has 249 valence electrons. The minimum absolute atomic E-state index is 0. The summed E-state index contributed by atoms with van der Waals surface area (Å²) in [4.78, 5) is 0. The number of benzene rings is 4. The molecule has 2 aliphatic rings. The minimum Gasteiger partial charge on any atom is -1.00 e. The van der Waals surface area contributed by atoms with E-state index in [0.717, 1.165) is 0 Å². The van der Waals surface area contributed by atoms with Gasteiger partial charge in [0.25, 0.3) is 0 Å². The molecule has 3 heteroatoms. The fourth-order valence-electron chi connectivity index (χ4n) is 6.93. The first kappa shape index (κ1) is 39.8. The van der Waals surface area contributed by atoms with Crippen LogP contribution in [0.3, 0.4) is 0 Å². The van der Waals surface area contributed by atoms with E-state index in [1.807, 2.05) is 0 Å². The predicted molar refractivity (Wildman–Crippen MR) is 193 cm³/mol. The molecule has 4 aromatic rings. The van der Waals surface area contributed by atoms with E-state index in [1.54, 1.807) is 24.7 Å². The molecule has 0 N–H and O–H groups in total. The molecule has 0 bridgehead atoms. The summed E-state index contributed by atoms with van der Waals surface area (Å²) in [5, 5.41) is 0. The van der Waals surface area contributed by atoms with Crippen LogP contribution in [0.2, 0.25) is 0 Å². The van der Waals surface area contributed by atoms with Crippen molar-refractivity contribution in [3.05, 3.63) is 117 Å². The van der Waals surface area contributed by atoms with Gasteiger partial charge in [-0.05, 0) is 50.6 Å². The van der Waals surface area contributed by atoms with Crippen LogP contribution in [-0.4, -0.2) is 0 Å². The van der Waals surface area contributed by atoms with Gasteiger partial charge in [-0.2, -0.15) is 0 Å². The third-order valence-electron chi connectivity index (χ3n) is 10.0. The monoisotopic (exact) mass is 743 g/mol. The number of hydrogen-bond donors (Lipinski definition) is 0. The van der Waals surface area contributed by atoms with E-state index >= 15 is 0 Å². The standard InChI is InChI=1S/C23H30.C21H25.2ClH.Zr/c1-8-17-20-13-15(22(2,3)4)9-11-18(20)19-12-10-16(14-21(17)19)23(5,6)7;1-20(2,3)16-7-9-18-14(12-16)11-15-13-17(21(4,5)6)8-10-19(15)18;;;/h9-14,17H,8H2,1-7H3;7-13H,1-6H3;2*1H;/q;;;;+2/p-2. The van der Waals surface area contributed by atoms with Crippen LogP contribution < -0.4 is 24.8 Å². The van der Waals surface area contributed by atoms with Gasteiger partial charge in [-0.3, -0.25) is 0 Å². The van der Waals surface area contributed by atoms with Gasteiger partial charge in [-0.1, -0.05) is 84.9 Å². The van der Waals surface area contributed by atoms with Crippen molar-refractivity contribution in [3.63, 3.8) is 0 Å². The average Bonchev–Trinajstić information content (AvgIpc) is 3.41. The fourth-order valence-corrected chi connectivity index (χ4v) is 8.10. The average molecular weight is 746 g/mol. The van der Waals surface area contributed by atoms with Crippen molar-refractivity contribution in [1.82, 2.24) is 0 Å². The van der Waals surface area contributed by atoms with E-state index in [0.29, 0.717) is 9.54 Å².